The minimum atomic E-state index is -4.41. The number of fused-ring (bicyclic) bond motifs is 1. The number of carbonyl (C=O) groups excluding carboxylic acids is 2. The summed E-state index contributed by atoms with van der Waals surface area (Å²) in [5, 5.41) is 0. The maximum atomic E-state index is 13.0. The van der Waals surface area contributed by atoms with Gasteiger partial charge in [-0.2, -0.15) is 13.2 Å². The van der Waals surface area contributed by atoms with Crippen molar-refractivity contribution in [2.24, 2.45) is 5.73 Å². The van der Waals surface area contributed by atoms with Crippen LogP contribution in [0.1, 0.15) is 73.3 Å². The number of hydrogen-bond donors (Lipinski definition) is 1. The van der Waals surface area contributed by atoms with Crippen molar-refractivity contribution in [3.05, 3.63) is 52.6 Å². The first-order valence-corrected chi connectivity index (χ1v) is 10.9. The molecule has 2 heterocycles. The lowest BCUT2D eigenvalue weighted by Crippen LogP contribution is -2.45. The maximum absolute atomic E-state index is 13.0. The van der Waals surface area contributed by atoms with Crippen molar-refractivity contribution in [1.82, 2.24) is 14.5 Å². The van der Waals surface area contributed by atoms with Gasteiger partial charge in [0.2, 0.25) is 0 Å². The number of carbonyl (C=O) groups is 2. The Balaban J connectivity index is 1.95. The fourth-order valence-electron chi connectivity index (χ4n) is 4.06. The number of rotatable bonds is 5. The van der Waals surface area contributed by atoms with Gasteiger partial charge in [-0.15, -0.1) is 0 Å². The normalized spacial score (nSPS) is 16.5. The second-order valence-electron chi connectivity index (χ2n) is 9.05. The van der Waals surface area contributed by atoms with Gasteiger partial charge in [-0.25, -0.2) is 9.78 Å². The lowest BCUT2D eigenvalue weighted by Gasteiger charge is -2.38. The van der Waals surface area contributed by atoms with Crippen LogP contribution in [-0.4, -0.2) is 38.6 Å². The van der Waals surface area contributed by atoms with Crippen LogP contribution in [0.25, 0.3) is 0 Å². The summed E-state index contributed by atoms with van der Waals surface area (Å²) in [5.41, 5.74) is 5.50. The van der Waals surface area contributed by atoms with E-state index < -0.39 is 35.4 Å². The summed E-state index contributed by atoms with van der Waals surface area (Å²) in [4.78, 5) is 31.1. The number of ether oxygens (including phenoxy) is 1. The van der Waals surface area contributed by atoms with Gasteiger partial charge in [0.1, 0.15) is 11.4 Å². The highest BCUT2D eigenvalue weighted by Crippen LogP contribution is 2.35. The number of aromatic nitrogens is 2. The molecule has 2 aromatic rings. The minimum Gasteiger partial charge on any atom is -0.444 e. The third kappa shape index (κ3) is 5.48. The van der Waals surface area contributed by atoms with Crippen molar-refractivity contribution in [2.45, 2.75) is 71.3 Å². The molecule has 1 unspecified atom stereocenters. The van der Waals surface area contributed by atoms with Crippen LogP contribution in [0.4, 0.5) is 18.0 Å². The lowest BCUT2D eigenvalue weighted by atomic mass is 9.98. The Labute approximate surface area is 190 Å². The summed E-state index contributed by atoms with van der Waals surface area (Å²) in [6, 6.07) is 4.36. The summed E-state index contributed by atoms with van der Waals surface area (Å²) >= 11 is 0. The number of imidazole rings is 1. The summed E-state index contributed by atoms with van der Waals surface area (Å²) < 4.78 is 46.1. The average molecular weight is 467 g/mol. The zero-order chi connectivity index (χ0) is 24.6. The van der Waals surface area contributed by atoms with Crippen LogP contribution >= 0.6 is 0 Å². The molecule has 0 bridgehead atoms. The summed E-state index contributed by atoms with van der Waals surface area (Å²) in [7, 11) is 0. The first kappa shape index (κ1) is 24.6. The second kappa shape index (κ2) is 9.07. The highest BCUT2D eigenvalue weighted by atomic mass is 19.4. The van der Waals surface area contributed by atoms with Crippen molar-refractivity contribution >= 4 is 12.0 Å². The molecule has 180 valence electrons. The number of nitrogens with zero attached hydrogens (tertiary/aromatic N) is 3. The molecule has 0 aliphatic carbocycles. The Hall–Kier alpha value is -3.04. The average Bonchev–Trinajstić information content (AvgIpc) is 3.09. The van der Waals surface area contributed by atoms with Crippen LogP contribution in [0.15, 0.2) is 24.3 Å². The molecule has 33 heavy (non-hydrogen) atoms. The first-order chi connectivity index (χ1) is 15.3. The highest BCUT2D eigenvalue weighted by molar-refractivity contribution is 5.92. The number of amides is 2. The summed E-state index contributed by atoms with van der Waals surface area (Å²) in [6.07, 6.45) is -3.61. The number of primary amides is 1. The highest BCUT2D eigenvalue weighted by Gasteiger charge is 2.38. The zero-order valence-corrected chi connectivity index (χ0v) is 19.2. The largest absolute Gasteiger partial charge is 0.444 e. The van der Waals surface area contributed by atoms with Crippen LogP contribution in [0.5, 0.6) is 0 Å². The van der Waals surface area contributed by atoms with Crippen molar-refractivity contribution in [1.29, 1.82) is 0 Å². The summed E-state index contributed by atoms with van der Waals surface area (Å²) in [6.45, 7) is 7.99. The van der Waals surface area contributed by atoms with Crippen molar-refractivity contribution < 1.29 is 27.5 Å². The van der Waals surface area contributed by atoms with E-state index in [-0.39, 0.29) is 5.69 Å². The van der Waals surface area contributed by atoms with Gasteiger partial charge in [-0.3, -0.25) is 9.69 Å². The SMILES string of the molecule is CCc1nc(C(N)=O)c2n1CCN(C(=O)OC(C)(C)C)C2CCc1ccc(C(F)(F)F)cc1. The molecule has 3 rings (SSSR count). The molecule has 0 radical (unpaired) electrons. The lowest BCUT2D eigenvalue weighted by molar-refractivity contribution is -0.137. The predicted octanol–water partition coefficient (Wildman–Crippen LogP) is 4.49. The molecule has 10 heteroatoms. The molecule has 1 aliphatic rings. The van der Waals surface area contributed by atoms with Gasteiger partial charge in [0.25, 0.3) is 5.91 Å². The molecule has 7 nitrogen and oxygen atoms in total. The number of alkyl halides is 3. The quantitative estimate of drug-likeness (QED) is 0.703. The smallest absolute Gasteiger partial charge is 0.416 e. The summed E-state index contributed by atoms with van der Waals surface area (Å²) in [5.74, 6) is 0.00573. The molecular formula is C23H29F3N4O3. The third-order valence-corrected chi connectivity index (χ3v) is 5.51. The topological polar surface area (TPSA) is 90.5 Å². The standard InChI is InChI=1S/C23H29F3N4O3/c1-5-17-28-18(20(27)31)19-16(11-8-14-6-9-15(10-7-14)23(24,25)26)29(12-13-30(17)19)21(32)33-22(2,3)4/h6-7,9-10,16H,5,8,11-13H2,1-4H3,(H2,27,31). The molecule has 0 saturated heterocycles. The van der Waals surface area contributed by atoms with Crippen molar-refractivity contribution in [3.8, 4) is 0 Å². The molecule has 0 spiro atoms. The van der Waals surface area contributed by atoms with Gasteiger partial charge in [-0.05, 0) is 51.3 Å². The number of hydrogen-bond acceptors (Lipinski definition) is 4. The van der Waals surface area contributed by atoms with Crippen molar-refractivity contribution in [3.63, 3.8) is 0 Å². The molecular weight excluding hydrogens is 437 g/mol. The second-order valence-corrected chi connectivity index (χ2v) is 9.05. The Morgan fingerprint density at radius 1 is 1.15 bits per heavy atom. The van der Waals surface area contributed by atoms with E-state index in [1.54, 1.807) is 25.7 Å². The Bertz CT molecular complexity index is 1020. The fourth-order valence-corrected chi connectivity index (χ4v) is 4.06. The molecule has 1 aromatic heterocycles. The Kier molecular flexibility index (Phi) is 6.76. The molecule has 1 aromatic carbocycles. The van der Waals surface area contributed by atoms with E-state index in [1.807, 2.05) is 11.5 Å². The van der Waals surface area contributed by atoms with Gasteiger partial charge in [-0.1, -0.05) is 19.1 Å². The third-order valence-electron chi connectivity index (χ3n) is 5.51. The van der Waals surface area contributed by atoms with Gasteiger partial charge in [0.05, 0.1) is 17.3 Å². The van der Waals surface area contributed by atoms with Crippen molar-refractivity contribution in [2.75, 3.05) is 6.54 Å². The predicted molar refractivity (Wildman–Crippen MR) is 116 cm³/mol. The van der Waals surface area contributed by atoms with Gasteiger partial charge >= 0.3 is 12.3 Å². The van der Waals surface area contributed by atoms with Gasteiger partial charge < -0.3 is 15.0 Å². The maximum Gasteiger partial charge on any atom is 0.416 e. The van der Waals surface area contributed by atoms with E-state index in [9.17, 15) is 22.8 Å². The molecule has 0 fully saturated rings. The Morgan fingerprint density at radius 3 is 2.30 bits per heavy atom. The van der Waals surface area contributed by atoms with Crippen LogP contribution in [0.2, 0.25) is 0 Å². The van der Waals surface area contributed by atoms with Crippen LogP contribution in [-0.2, 0) is 30.3 Å². The van der Waals surface area contributed by atoms with Crippen LogP contribution < -0.4 is 5.73 Å². The van der Waals surface area contributed by atoms with E-state index in [0.29, 0.717) is 49.4 Å². The molecule has 1 atom stereocenters. The van der Waals surface area contributed by atoms with Crippen LogP contribution in [0, 0.1) is 0 Å². The fraction of sp³-hybridized carbons (Fsp3) is 0.522. The van der Waals surface area contributed by atoms with E-state index in [1.165, 1.54) is 12.1 Å². The number of benzene rings is 1. The van der Waals surface area contributed by atoms with E-state index >= 15 is 0 Å². The number of nitrogens with two attached hydrogens (primary N) is 1. The monoisotopic (exact) mass is 466 g/mol. The Morgan fingerprint density at radius 2 is 1.79 bits per heavy atom. The van der Waals surface area contributed by atoms with E-state index in [4.69, 9.17) is 10.5 Å². The first-order valence-electron chi connectivity index (χ1n) is 10.9. The van der Waals surface area contributed by atoms with Gasteiger partial charge in [0, 0.05) is 19.5 Å². The van der Waals surface area contributed by atoms with Crippen LogP contribution in [0.3, 0.4) is 0 Å². The van der Waals surface area contributed by atoms with Gasteiger partial charge in [0.15, 0.2) is 5.69 Å². The molecule has 1 aliphatic heterocycles. The molecule has 2 N–H and O–H groups in total. The van der Waals surface area contributed by atoms with E-state index in [0.717, 1.165) is 12.1 Å². The molecule has 0 saturated carbocycles. The molecule has 2 amide bonds. The zero-order valence-electron chi connectivity index (χ0n) is 19.2. The minimum absolute atomic E-state index is 0.109. The van der Waals surface area contributed by atoms with E-state index in [2.05, 4.69) is 4.98 Å². The number of aryl methyl sites for hydroxylation is 2. The number of halogens is 3.